The second kappa shape index (κ2) is 6.34. The summed E-state index contributed by atoms with van der Waals surface area (Å²) in [6.45, 7) is -0.101. The number of halogens is 1. The van der Waals surface area contributed by atoms with Crippen LogP contribution >= 0.6 is 11.6 Å². The number of sulfonamides is 1. The van der Waals surface area contributed by atoms with E-state index in [9.17, 15) is 18.3 Å². The third kappa shape index (κ3) is 3.56. The molecule has 0 saturated heterocycles. The minimum atomic E-state index is -3.81. The van der Waals surface area contributed by atoms with Gasteiger partial charge in [-0.1, -0.05) is 43.0 Å². The van der Waals surface area contributed by atoms with Crippen LogP contribution in [0.25, 0.3) is 0 Å². The molecule has 0 atom stereocenters. The first kappa shape index (κ1) is 16.3. The summed E-state index contributed by atoms with van der Waals surface area (Å²) in [5.74, 6) is -0.941. The van der Waals surface area contributed by atoms with E-state index in [1.807, 2.05) is 0 Å². The first-order valence-corrected chi connectivity index (χ1v) is 8.71. The molecule has 0 spiro atoms. The summed E-state index contributed by atoms with van der Waals surface area (Å²) >= 11 is 5.89. The Morgan fingerprint density at radius 3 is 2.43 bits per heavy atom. The minimum Gasteiger partial charge on any atom is -0.481 e. The molecular weight excluding hydrogens is 314 g/mol. The highest BCUT2D eigenvalue weighted by Crippen LogP contribution is 2.36. The van der Waals surface area contributed by atoms with Crippen LogP contribution < -0.4 is 4.72 Å². The van der Waals surface area contributed by atoms with Crippen molar-refractivity contribution in [2.45, 2.75) is 37.0 Å². The maximum atomic E-state index is 12.3. The van der Waals surface area contributed by atoms with Gasteiger partial charge < -0.3 is 5.11 Å². The Hall–Kier alpha value is -1.11. The lowest BCUT2D eigenvalue weighted by atomic mass is 9.74. The lowest BCUT2D eigenvalue weighted by Gasteiger charge is -2.33. The Morgan fingerprint density at radius 1 is 1.24 bits per heavy atom. The molecule has 0 aromatic heterocycles. The van der Waals surface area contributed by atoms with Crippen molar-refractivity contribution in [3.05, 3.63) is 29.3 Å². The topological polar surface area (TPSA) is 83.5 Å². The number of carboxylic acid groups (broad SMARTS) is 1. The molecule has 1 aliphatic rings. The van der Waals surface area contributed by atoms with Gasteiger partial charge in [0, 0.05) is 6.54 Å². The van der Waals surface area contributed by atoms with E-state index in [0.717, 1.165) is 19.3 Å². The highest BCUT2D eigenvalue weighted by Gasteiger charge is 2.40. The Morgan fingerprint density at radius 2 is 1.86 bits per heavy atom. The van der Waals surface area contributed by atoms with E-state index in [1.54, 1.807) is 12.1 Å². The molecule has 0 aliphatic heterocycles. The smallest absolute Gasteiger partial charge is 0.310 e. The molecular formula is C14H18ClNO4S. The van der Waals surface area contributed by atoms with Crippen molar-refractivity contribution in [3.8, 4) is 0 Å². The van der Waals surface area contributed by atoms with Gasteiger partial charge in [-0.2, -0.15) is 0 Å². The number of hydrogen-bond acceptors (Lipinski definition) is 3. The third-order valence-electron chi connectivity index (χ3n) is 3.99. The van der Waals surface area contributed by atoms with Crippen LogP contribution in [0.1, 0.15) is 32.1 Å². The second-order valence-corrected chi connectivity index (χ2v) is 7.54. The van der Waals surface area contributed by atoms with E-state index in [4.69, 9.17) is 11.6 Å². The quantitative estimate of drug-likeness (QED) is 0.868. The zero-order valence-electron chi connectivity index (χ0n) is 11.5. The highest BCUT2D eigenvalue weighted by atomic mass is 35.5. The maximum Gasteiger partial charge on any atom is 0.310 e. The van der Waals surface area contributed by atoms with Crippen molar-refractivity contribution in [1.82, 2.24) is 4.72 Å². The number of aliphatic carboxylic acids is 1. The van der Waals surface area contributed by atoms with Gasteiger partial charge in [0.1, 0.15) is 4.90 Å². The van der Waals surface area contributed by atoms with Crippen LogP contribution in [0.3, 0.4) is 0 Å². The van der Waals surface area contributed by atoms with Gasteiger partial charge in [0.05, 0.1) is 10.4 Å². The van der Waals surface area contributed by atoms with Crippen molar-refractivity contribution in [2.24, 2.45) is 5.41 Å². The normalized spacial score (nSPS) is 18.3. The summed E-state index contributed by atoms with van der Waals surface area (Å²) in [6.07, 6.45) is 3.59. The van der Waals surface area contributed by atoms with Gasteiger partial charge in [-0.3, -0.25) is 4.79 Å². The fraction of sp³-hybridized carbons (Fsp3) is 0.500. The van der Waals surface area contributed by atoms with Gasteiger partial charge in [-0.15, -0.1) is 0 Å². The standard InChI is InChI=1S/C14H18ClNO4S/c15-11-6-2-3-7-12(11)21(19,20)16-10-14(13(17)18)8-4-1-5-9-14/h2-3,6-7,16H,1,4-5,8-10H2,(H,17,18). The number of rotatable bonds is 5. The van der Waals surface area contributed by atoms with Gasteiger partial charge in [0.15, 0.2) is 0 Å². The molecule has 21 heavy (non-hydrogen) atoms. The van der Waals surface area contributed by atoms with Crippen LogP contribution in [0.5, 0.6) is 0 Å². The second-order valence-electron chi connectivity index (χ2n) is 5.40. The number of carbonyl (C=O) groups is 1. The van der Waals surface area contributed by atoms with Gasteiger partial charge in [0.2, 0.25) is 10.0 Å². The average molecular weight is 332 g/mol. The van der Waals surface area contributed by atoms with E-state index in [2.05, 4.69) is 4.72 Å². The summed E-state index contributed by atoms with van der Waals surface area (Å²) < 4.78 is 27.0. The summed E-state index contributed by atoms with van der Waals surface area (Å²) in [7, 11) is -3.81. The van der Waals surface area contributed by atoms with E-state index < -0.39 is 21.4 Å². The fourth-order valence-corrected chi connectivity index (χ4v) is 4.31. The zero-order valence-corrected chi connectivity index (χ0v) is 13.1. The summed E-state index contributed by atoms with van der Waals surface area (Å²) in [4.78, 5) is 11.5. The lowest BCUT2D eigenvalue weighted by Crippen LogP contribution is -2.44. The molecule has 1 aromatic carbocycles. The van der Waals surface area contributed by atoms with Gasteiger partial charge >= 0.3 is 5.97 Å². The molecule has 1 aliphatic carbocycles. The summed E-state index contributed by atoms with van der Waals surface area (Å²) in [5, 5.41) is 9.57. The van der Waals surface area contributed by atoms with Gasteiger partial charge in [-0.25, -0.2) is 13.1 Å². The Bertz CT molecular complexity index is 624. The van der Waals surface area contributed by atoms with Crippen molar-refractivity contribution in [2.75, 3.05) is 6.54 Å². The van der Waals surface area contributed by atoms with Crippen molar-refractivity contribution >= 4 is 27.6 Å². The molecule has 2 N–H and O–H groups in total. The number of hydrogen-bond donors (Lipinski definition) is 2. The Kier molecular flexibility index (Phi) is 4.91. The Balaban J connectivity index is 2.17. The van der Waals surface area contributed by atoms with Crippen molar-refractivity contribution in [1.29, 1.82) is 0 Å². The van der Waals surface area contributed by atoms with Crippen LogP contribution in [-0.2, 0) is 14.8 Å². The monoisotopic (exact) mass is 331 g/mol. The Labute approximate surface area is 129 Å². The molecule has 1 fully saturated rings. The zero-order chi connectivity index (χ0) is 15.5. The lowest BCUT2D eigenvalue weighted by molar-refractivity contribution is -0.150. The third-order valence-corrected chi connectivity index (χ3v) is 5.89. The first-order valence-electron chi connectivity index (χ1n) is 6.85. The predicted octanol–water partition coefficient (Wildman–Crippen LogP) is 2.65. The average Bonchev–Trinajstić information content (AvgIpc) is 2.46. The van der Waals surface area contributed by atoms with E-state index in [1.165, 1.54) is 12.1 Å². The SMILES string of the molecule is O=C(O)C1(CNS(=O)(=O)c2ccccc2Cl)CCCCC1. The number of nitrogens with one attached hydrogen (secondary N) is 1. The molecule has 0 bridgehead atoms. The predicted molar refractivity (Wildman–Crippen MR) is 79.8 cm³/mol. The van der Waals surface area contributed by atoms with Crippen LogP contribution in [0.2, 0.25) is 5.02 Å². The summed E-state index contributed by atoms with van der Waals surface area (Å²) in [6, 6.07) is 6.11. The molecule has 0 unspecified atom stereocenters. The molecule has 0 heterocycles. The summed E-state index contributed by atoms with van der Waals surface area (Å²) in [5.41, 5.74) is -1.01. The van der Waals surface area contributed by atoms with Gasteiger partial charge in [0.25, 0.3) is 0 Å². The number of carboxylic acids is 1. The molecule has 7 heteroatoms. The largest absolute Gasteiger partial charge is 0.481 e. The van der Waals surface area contributed by atoms with E-state index in [0.29, 0.717) is 12.8 Å². The van der Waals surface area contributed by atoms with Crippen LogP contribution in [0.15, 0.2) is 29.2 Å². The first-order chi connectivity index (χ1) is 9.87. The molecule has 0 amide bonds. The van der Waals surface area contributed by atoms with Gasteiger partial charge in [-0.05, 0) is 25.0 Å². The molecule has 1 saturated carbocycles. The van der Waals surface area contributed by atoms with Crippen LogP contribution in [-0.4, -0.2) is 26.0 Å². The van der Waals surface area contributed by atoms with Crippen LogP contribution in [0, 0.1) is 5.41 Å². The van der Waals surface area contributed by atoms with Crippen LogP contribution in [0.4, 0.5) is 0 Å². The highest BCUT2D eigenvalue weighted by molar-refractivity contribution is 7.89. The number of benzene rings is 1. The molecule has 0 radical (unpaired) electrons. The molecule has 5 nitrogen and oxygen atoms in total. The van der Waals surface area contributed by atoms with E-state index in [-0.39, 0.29) is 16.5 Å². The molecule has 1 aromatic rings. The van der Waals surface area contributed by atoms with E-state index >= 15 is 0 Å². The van der Waals surface area contributed by atoms with Crippen molar-refractivity contribution < 1.29 is 18.3 Å². The molecule has 116 valence electrons. The maximum absolute atomic E-state index is 12.3. The fourth-order valence-electron chi connectivity index (χ4n) is 2.67. The minimum absolute atomic E-state index is 0.0250. The van der Waals surface area contributed by atoms with Crippen molar-refractivity contribution in [3.63, 3.8) is 0 Å². The molecule has 2 rings (SSSR count).